The van der Waals surface area contributed by atoms with Gasteiger partial charge in [0.25, 0.3) is 0 Å². The average molecular weight is 392 g/mol. The second-order valence-electron chi connectivity index (χ2n) is 7.85. The minimum Gasteiger partial charge on any atom is -0.388 e. The number of benzene rings is 3. The first kappa shape index (κ1) is 20.5. The maximum atomic E-state index is 10.9. The molecule has 3 aromatic rings. The van der Waals surface area contributed by atoms with Crippen molar-refractivity contribution in [3.8, 4) is 0 Å². The molecule has 0 bridgehead atoms. The first-order chi connectivity index (χ1) is 13.4. The van der Waals surface area contributed by atoms with Crippen LogP contribution in [0.25, 0.3) is 10.8 Å². The van der Waals surface area contributed by atoms with E-state index in [1.54, 1.807) is 0 Å². The van der Waals surface area contributed by atoms with Gasteiger partial charge in [0.15, 0.2) is 0 Å². The van der Waals surface area contributed by atoms with Crippen LogP contribution in [-0.2, 0) is 6.42 Å². The molecule has 0 fully saturated rings. The van der Waals surface area contributed by atoms with E-state index in [0.29, 0.717) is 18.5 Å². The van der Waals surface area contributed by atoms with E-state index in [9.17, 15) is 5.11 Å². The molecule has 0 radical (unpaired) electrons. The second kappa shape index (κ2) is 8.85. The van der Waals surface area contributed by atoms with Gasteiger partial charge in [-0.05, 0) is 49.6 Å². The summed E-state index contributed by atoms with van der Waals surface area (Å²) in [6.07, 6.45) is -0.0237. The normalized spacial score (nSPS) is 12.5. The van der Waals surface area contributed by atoms with E-state index in [1.165, 1.54) is 5.39 Å². The average Bonchev–Trinajstić information content (AvgIpc) is 2.67. The zero-order valence-corrected chi connectivity index (χ0v) is 17.9. The van der Waals surface area contributed by atoms with Crippen LogP contribution in [0.15, 0.2) is 66.7 Å². The minimum absolute atomic E-state index is 0.304. The molecule has 3 aromatic carbocycles. The largest absolute Gasteiger partial charge is 0.388 e. The van der Waals surface area contributed by atoms with E-state index < -0.39 is 6.10 Å². The highest BCUT2D eigenvalue weighted by Crippen LogP contribution is 2.29. The summed E-state index contributed by atoms with van der Waals surface area (Å²) >= 11 is 6.02. The van der Waals surface area contributed by atoms with Crippen LogP contribution >= 0.6 is 12.2 Å². The van der Waals surface area contributed by atoms with Gasteiger partial charge in [-0.1, -0.05) is 78.9 Å². The van der Waals surface area contributed by atoms with Crippen molar-refractivity contribution >= 4 is 28.0 Å². The topological polar surface area (TPSA) is 23.5 Å². The van der Waals surface area contributed by atoms with Crippen LogP contribution in [0, 0.1) is 0 Å². The van der Waals surface area contributed by atoms with Crippen molar-refractivity contribution in [1.82, 2.24) is 4.90 Å². The molecule has 1 unspecified atom stereocenters. The van der Waals surface area contributed by atoms with Crippen molar-refractivity contribution in [1.29, 1.82) is 0 Å². The third kappa shape index (κ3) is 4.26. The zero-order chi connectivity index (χ0) is 20.3. The van der Waals surface area contributed by atoms with Crippen LogP contribution < -0.4 is 0 Å². The Morgan fingerprint density at radius 1 is 0.857 bits per heavy atom. The van der Waals surface area contributed by atoms with E-state index in [0.717, 1.165) is 27.1 Å². The third-order valence-electron chi connectivity index (χ3n) is 5.17. The monoisotopic (exact) mass is 391 g/mol. The molecule has 0 spiro atoms. The van der Waals surface area contributed by atoms with Gasteiger partial charge in [0.2, 0.25) is 0 Å². The Hall–Kier alpha value is -2.23. The van der Waals surface area contributed by atoms with Crippen molar-refractivity contribution in [2.45, 2.75) is 52.3 Å². The fraction of sp³-hybridized carbons (Fsp3) is 0.320. The van der Waals surface area contributed by atoms with Gasteiger partial charge in [0, 0.05) is 24.1 Å². The summed E-state index contributed by atoms with van der Waals surface area (Å²) in [7, 11) is 0. The molecular weight excluding hydrogens is 362 g/mol. The Morgan fingerprint density at radius 2 is 1.46 bits per heavy atom. The Kier molecular flexibility index (Phi) is 6.48. The van der Waals surface area contributed by atoms with Gasteiger partial charge >= 0.3 is 0 Å². The van der Waals surface area contributed by atoms with Crippen molar-refractivity contribution < 1.29 is 5.11 Å². The van der Waals surface area contributed by atoms with Crippen molar-refractivity contribution in [3.63, 3.8) is 0 Å². The molecule has 3 rings (SSSR count). The van der Waals surface area contributed by atoms with E-state index in [2.05, 4.69) is 69.0 Å². The van der Waals surface area contributed by atoms with Crippen LogP contribution in [0.1, 0.15) is 50.5 Å². The summed E-state index contributed by atoms with van der Waals surface area (Å²) in [5.41, 5.74) is 3.09. The Labute approximate surface area is 173 Å². The number of hydrogen-bond acceptors (Lipinski definition) is 2. The number of fused-ring (bicyclic) bond motifs is 1. The zero-order valence-electron chi connectivity index (χ0n) is 17.1. The van der Waals surface area contributed by atoms with Gasteiger partial charge in [-0.15, -0.1) is 0 Å². The lowest BCUT2D eigenvalue weighted by atomic mass is 9.92. The van der Waals surface area contributed by atoms with Crippen LogP contribution in [-0.4, -0.2) is 27.1 Å². The Bertz CT molecular complexity index is 941. The highest BCUT2D eigenvalue weighted by Gasteiger charge is 2.23. The molecule has 2 nitrogen and oxygen atoms in total. The summed E-state index contributed by atoms with van der Waals surface area (Å²) in [5.74, 6) is 0. The van der Waals surface area contributed by atoms with E-state index in [4.69, 9.17) is 12.2 Å². The summed E-state index contributed by atoms with van der Waals surface area (Å²) in [6, 6.07) is 23.1. The predicted octanol–water partition coefficient (Wildman–Crippen LogP) is 5.91. The molecule has 3 heteroatoms. The first-order valence-electron chi connectivity index (χ1n) is 9.96. The minimum atomic E-state index is -0.560. The molecule has 0 heterocycles. The smallest absolute Gasteiger partial charge is 0.110 e. The maximum absolute atomic E-state index is 10.9. The highest BCUT2D eigenvalue weighted by molar-refractivity contribution is 7.80. The fourth-order valence-corrected chi connectivity index (χ4v) is 4.60. The standard InChI is InChI=1S/C25H29NOS/c1-17(2)26(18(3)4)25(28)24-21(15-14-19-10-8-9-13-22(19)24)16-23(27)20-11-6-5-7-12-20/h5-15,17-18,23,27H,16H2,1-4H3. The van der Waals surface area contributed by atoms with Gasteiger partial charge < -0.3 is 10.0 Å². The summed E-state index contributed by atoms with van der Waals surface area (Å²) in [6.45, 7) is 8.71. The lowest BCUT2D eigenvalue weighted by Crippen LogP contribution is -2.42. The number of aliphatic hydroxyl groups is 1. The first-order valence-corrected chi connectivity index (χ1v) is 10.4. The summed E-state index contributed by atoms with van der Waals surface area (Å²) in [4.78, 5) is 3.15. The van der Waals surface area contributed by atoms with Gasteiger partial charge in [0.1, 0.15) is 4.99 Å². The lowest BCUT2D eigenvalue weighted by Gasteiger charge is -2.34. The number of nitrogens with zero attached hydrogens (tertiary/aromatic N) is 1. The van der Waals surface area contributed by atoms with E-state index in [-0.39, 0.29) is 0 Å². The molecule has 0 amide bonds. The predicted molar refractivity (Wildman–Crippen MR) is 123 cm³/mol. The Morgan fingerprint density at radius 3 is 2.11 bits per heavy atom. The highest BCUT2D eigenvalue weighted by atomic mass is 32.1. The molecule has 0 aliphatic carbocycles. The molecule has 0 saturated heterocycles. The van der Waals surface area contributed by atoms with Gasteiger partial charge in [-0.2, -0.15) is 0 Å². The number of thiocarbonyl (C=S) groups is 1. The van der Waals surface area contributed by atoms with Crippen LogP contribution in [0.2, 0.25) is 0 Å². The molecule has 0 saturated carbocycles. The second-order valence-corrected chi connectivity index (χ2v) is 8.24. The molecular formula is C25H29NOS. The SMILES string of the molecule is CC(C)N(C(=S)c1c(CC(O)c2ccccc2)ccc2ccccc12)C(C)C. The maximum Gasteiger partial charge on any atom is 0.110 e. The summed E-state index contributed by atoms with van der Waals surface area (Å²) in [5, 5.41) is 13.2. The molecule has 0 aliphatic rings. The number of hydrogen-bond donors (Lipinski definition) is 1. The molecule has 0 aliphatic heterocycles. The molecule has 0 aromatic heterocycles. The van der Waals surface area contributed by atoms with Crippen LogP contribution in [0.5, 0.6) is 0 Å². The van der Waals surface area contributed by atoms with E-state index >= 15 is 0 Å². The number of rotatable bonds is 6. The molecule has 1 atom stereocenters. The van der Waals surface area contributed by atoms with Crippen molar-refractivity contribution in [2.75, 3.05) is 0 Å². The molecule has 28 heavy (non-hydrogen) atoms. The summed E-state index contributed by atoms with van der Waals surface area (Å²) < 4.78 is 0. The molecule has 1 N–H and O–H groups in total. The number of aliphatic hydroxyl groups excluding tert-OH is 1. The van der Waals surface area contributed by atoms with Crippen molar-refractivity contribution in [3.05, 3.63) is 83.4 Å². The van der Waals surface area contributed by atoms with Crippen LogP contribution in [0.3, 0.4) is 0 Å². The molecule has 146 valence electrons. The fourth-order valence-electron chi connectivity index (χ4n) is 3.94. The lowest BCUT2D eigenvalue weighted by molar-refractivity contribution is 0.178. The van der Waals surface area contributed by atoms with Crippen LogP contribution in [0.4, 0.5) is 0 Å². The van der Waals surface area contributed by atoms with Gasteiger partial charge in [-0.3, -0.25) is 0 Å². The Balaban J connectivity index is 2.10. The quantitative estimate of drug-likeness (QED) is 0.528. The van der Waals surface area contributed by atoms with Gasteiger partial charge in [-0.25, -0.2) is 0 Å². The van der Waals surface area contributed by atoms with Gasteiger partial charge in [0.05, 0.1) is 6.10 Å². The van der Waals surface area contributed by atoms with Crippen molar-refractivity contribution in [2.24, 2.45) is 0 Å². The van der Waals surface area contributed by atoms with E-state index in [1.807, 2.05) is 30.3 Å². The third-order valence-corrected chi connectivity index (χ3v) is 5.59.